The van der Waals surface area contributed by atoms with Gasteiger partial charge >= 0.3 is 0 Å². The topological polar surface area (TPSA) is 15.3 Å². The number of benzene rings is 1. The van der Waals surface area contributed by atoms with Crippen molar-refractivity contribution in [2.75, 3.05) is 13.1 Å². The number of nitrogens with zero attached hydrogens (tertiary/aromatic N) is 1. The van der Waals surface area contributed by atoms with Gasteiger partial charge in [-0.15, -0.1) is 11.3 Å². The van der Waals surface area contributed by atoms with Crippen molar-refractivity contribution in [2.24, 2.45) is 0 Å². The van der Waals surface area contributed by atoms with E-state index in [0.29, 0.717) is 6.04 Å². The van der Waals surface area contributed by atoms with E-state index in [4.69, 9.17) is 11.6 Å². The molecule has 4 rings (SSSR count). The summed E-state index contributed by atoms with van der Waals surface area (Å²) in [4.78, 5) is 3.92. The summed E-state index contributed by atoms with van der Waals surface area (Å²) in [7, 11) is 0. The highest BCUT2D eigenvalue weighted by Crippen LogP contribution is 2.35. The van der Waals surface area contributed by atoms with E-state index in [1.54, 1.807) is 0 Å². The zero-order valence-corrected chi connectivity index (χ0v) is 13.0. The lowest BCUT2D eigenvalue weighted by Crippen LogP contribution is -2.32. The second kappa shape index (κ2) is 5.30. The minimum Gasteiger partial charge on any atom is -0.308 e. The molecule has 2 fully saturated rings. The largest absolute Gasteiger partial charge is 0.308 e. The van der Waals surface area contributed by atoms with E-state index in [1.807, 2.05) is 11.3 Å². The molecule has 0 radical (unpaired) electrons. The van der Waals surface area contributed by atoms with Gasteiger partial charge in [0.05, 0.1) is 5.02 Å². The van der Waals surface area contributed by atoms with Crippen LogP contribution in [0.15, 0.2) is 24.3 Å². The maximum Gasteiger partial charge on any atom is 0.0636 e. The van der Waals surface area contributed by atoms with Crippen LogP contribution < -0.4 is 5.32 Å². The molecular weight excluding hydrogens is 288 g/mol. The predicted molar refractivity (Wildman–Crippen MR) is 86.7 cm³/mol. The fraction of sp³-hybridized carbons (Fsp3) is 0.500. The van der Waals surface area contributed by atoms with Crippen LogP contribution in [-0.4, -0.2) is 30.1 Å². The van der Waals surface area contributed by atoms with Gasteiger partial charge in [-0.2, -0.15) is 0 Å². The smallest absolute Gasteiger partial charge is 0.0636 e. The van der Waals surface area contributed by atoms with E-state index in [1.165, 1.54) is 47.3 Å². The van der Waals surface area contributed by atoms with E-state index >= 15 is 0 Å². The lowest BCUT2D eigenvalue weighted by atomic mass is 10.2. The first-order valence-corrected chi connectivity index (χ1v) is 8.64. The van der Waals surface area contributed by atoms with Crippen molar-refractivity contribution in [3.63, 3.8) is 0 Å². The molecule has 1 aliphatic heterocycles. The van der Waals surface area contributed by atoms with E-state index in [2.05, 4.69) is 34.5 Å². The molecule has 0 bridgehead atoms. The second-order valence-corrected chi connectivity index (χ2v) is 7.44. The third kappa shape index (κ3) is 2.48. The zero-order valence-electron chi connectivity index (χ0n) is 11.4. The lowest BCUT2D eigenvalue weighted by molar-refractivity contribution is 0.317. The van der Waals surface area contributed by atoms with Gasteiger partial charge in [-0.1, -0.05) is 29.8 Å². The number of thiophene rings is 1. The predicted octanol–water partition coefficient (Wildman–Crippen LogP) is 3.88. The molecule has 0 amide bonds. The Bertz CT molecular complexity index is 620. The fourth-order valence-corrected chi connectivity index (χ4v) is 4.59. The summed E-state index contributed by atoms with van der Waals surface area (Å²) < 4.78 is 1.29. The second-order valence-electron chi connectivity index (χ2n) is 5.93. The number of fused-ring (bicyclic) bond motifs is 1. The first-order valence-electron chi connectivity index (χ1n) is 7.44. The Morgan fingerprint density at radius 3 is 2.90 bits per heavy atom. The van der Waals surface area contributed by atoms with Gasteiger partial charge in [0.25, 0.3) is 0 Å². The molecule has 1 aliphatic carbocycles. The first kappa shape index (κ1) is 13.1. The molecule has 0 unspecified atom stereocenters. The van der Waals surface area contributed by atoms with Crippen LogP contribution in [-0.2, 0) is 6.54 Å². The van der Waals surface area contributed by atoms with Gasteiger partial charge in [0, 0.05) is 46.7 Å². The van der Waals surface area contributed by atoms with Crippen LogP contribution in [0.1, 0.15) is 24.1 Å². The molecule has 20 heavy (non-hydrogen) atoms. The van der Waals surface area contributed by atoms with Crippen LogP contribution >= 0.6 is 22.9 Å². The van der Waals surface area contributed by atoms with Crippen LogP contribution in [0.2, 0.25) is 5.02 Å². The maximum atomic E-state index is 6.49. The molecular formula is C16H19ClN2S. The van der Waals surface area contributed by atoms with Crippen molar-refractivity contribution in [3.8, 4) is 0 Å². The minimum atomic E-state index is 0.636. The molecule has 2 aliphatic rings. The molecule has 4 heteroatoms. The molecule has 1 saturated carbocycles. The molecule has 1 aromatic heterocycles. The van der Waals surface area contributed by atoms with E-state index in [9.17, 15) is 0 Å². The summed E-state index contributed by atoms with van der Waals surface area (Å²) in [6, 6.07) is 9.94. The number of nitrogens with one attached hydrogen (secondary N) is 1. The number of hydrogen-bond donors (Lipinski definition) is 1. The van der Waals surface area contributed by atoms with Crippen molar-refractivity contribution in [2.45, 2.75) is 37.9 Å². The van der Waals surface area contributed by atoms with Gasteiger partial charge < -0.3 is 5.32 Å². The standard InChI is InChI=1S/C16H19ClN2S/c17-16-13-3-1-2-4-14(13)20-15(16)9-18-11-7-8-19(10-11)12-5-6-12/h1-4,11-12,18H,5-10H2/t11-/m0/s1. The van der Waals surface area contributed by atoms with Crippen molar-refractivity contribution in [3.05, 3.63) is 34.2 Å². The average Bonchev–Trinajstić information content (AvgIpc) is 3.13. The van der Waals surface area contributed by atoms with Crippen LogP contribution in [0.3, 0.4) is 0 Å². The Morgan fingerprint density at radius 1 is 1.25 bits per heavy atom. The van der Waals surface area contributed by atoms with Crippen LogP contribution in [0.5, 0.6) is 0 Å². The molecule has 1 aromatic carbocycles. The molecule has 1 saturated heterocycles. The lowest BCUT2D eigenvalue weighted by Gasteiger charge is -2.15. The maximum absolute atomic E-state index is 6.49. The van der Waals surface area contributed by atoms with Crippen molar-refractivity contribution >= 4 is 33.0 Å². The number of hydrogen-bond acceptors (Lipinski definition) is 3. The minimum absolute atomic E-state index is 0.636. The normalized spacial score (nSPS) is 23.8. The highest BCUT2D eigenvalue weighted by atomic mass is 35.5. The quantitative estimate of drug-likeness (QED) is 0.922. The summed E-state index contributed by atoms with van der Waals surface area (Å²) in [5.74, 6) is 0. The number of halogens is 1. The Kier molecular flexibility index (Phi) is 3.47. The SMILES string of the molecule is Clc1c(CN[C@H]2CCN(C3CC3)C2)sc2ccccc12. The Morgan fingerprint density at radius 2 is 2.10 bits per heavy atom. The van der Waals surface area contributed by atoms with E-state index < -0.39 is 0 Å². The van der Waals surface area contributed by atoms with Crippen molar-refractivity contribution < 1.29 is 0 Å². The van der Waals surface area contributed by atoms with Crippen LogP contribution in [0, 0.1) is 0 Å². The van der Waals surface area contributed by atoms with Crippen molar-refractivity contribution in [1.29, 1.82) is 0 Å². The van der Waals surface area contributed by atoms with Gasteiger partial charge in [0.15, 0.2) is 0 Å². The third-order valence-electron chi connectivity index (χ3n) is 4.44. The molecule has 2 nitrogen and oxygen atoms in total. The number of likely N-dealkylation sites (tertiary alicyclic amines) is 1. The number of rotatable bonds is 4. The average molecular weight is 307 g/mol. The Hall–Kier alpha value is -0.610. The van der Waals surface area contributed by atoms with Gasteiger partial charge in [-0.05, 0) is 25.3 Å². The summed E-state index contributed by atoms with van der Waals surface area (Å²) >= 11 is 8.31. The summed E-state index contributed by atoms with van der Waals surface area (Å²) in [5, 5.41) is 5.83. The van der Waals surface area contributed by atoms with Crippen molar-refractivity contribution in [1.82, 2.24) is 10.2 Å². The highest BCUT2D eigenvalue weighted by Gasteiger charge is 2.34. The molecule has 106 valence electrons. The third-order valence-corrected chi connectivity index (χ3v) is 6.15. The summed E-state index contributed by atoms with van der Waals surface area (Å²) in [6.07, 6.45) is 4.10. The molecule has 1 N–H and O–H groups in total. The van der Waals surface area contributed by atoms with Crippen LogP contribution in [0.25, 0.3) is 10.1 Å². The Labute approximate surface area is 128 Å². The van der Waals surface area contributed by atoms with E-state index in [-0.39, 0.29) is 0 Å². The molecule has 2 heterocycles. The highest BCUT2D eigenvalue weighted by molar-refractivity contribution is 7.19. The van der Waals surface area contributed by atoms with E-state index in [0.717, 1.165) is 17.6 Å². The van der Waals surface area contributed by atoms with Gasteiger partial charge in [0.2, 0.25) is 0 Å². The zero-order chi connectivity index (χ0) is 13.5. The molecule has 0 spiro atoms. The first-order chi connectivity index (χ1) is 9.81. The van der Waals surface area contributed by atoms with Gasteiger partial charge in [-0.3, -0.25) is 4.90 Å². The molecule has 1 atom stereocenters. The summed E-state index contributed by atoms with van der Waals surface area (Å²) in [6.45, 7) is 3.39. The molecule has 2 aromatic rings. The van der Waals surface area contributed by atoms with Gasteiger partial charge in [0.1, 0.15) is 0 Å². The van der Waals surface area contributed by atoms with Gasteiger partial charge in [-0.25, -0.2) is 0 Å². The monoisotopic (exact) mass is 306 g/mol. The summed E-state index contributed by atoms with van der Waals surface area (Å²) in [5.41, 5.74) is 0. The van der Waals surface area contributed by atoms with Crippen LogP contribution in [0.4, 0.5) is 0 Å². The Balaban J connectivity index is 1.42. The fourth-order valence-electron chi connectivity index (χ4n) is 3.14.